The number of carboxylic acid groups (broad SMARTS) is 1. The fourth-order valence-corrected chi connectivity index (χ4v) is 3.35. The molecule has 3 aromatic carbocycles. The second-order valence-electron chi connectivity index (χ2n) is 7.12. The van der Waals surface area contributed by atoms with Gasteiger partial charge in [0.15, 0.2) is 5.82 Å². The Labute approximate surface area is 189 Å². The SMILES string of the molecule is N#Cc1c(-c2ccc(Oc3ccccc3)cc2)cnc(-c2cccc(CNC(=O)O)c2)c1F. The first-order valence-corrected chi connectivity index (χ1v) is 10.0. The minimum Gasteiger partial charge on any atom is -0.465 e. The summed E-state index contributed by atoms with van der Waals surface area (Å²) in [4.78, 5) is 15.0. The van der Waals surface area contributed by atoms with Crippen LogP contribution in [-0.2, 0) is 6.54 Å². The van der Waals surface area contributed by atoms with Crippen molar-refractivity contribution in [1.82, 2.24) is 10.3 Å². The predicted octanol–water partition coefficient (Wildman–Crippen LogP) is 5.99. The van der Waals surface area contributed by atoms with Gasteiger partial charge < -0.3 is 15.2 Å². The van der Waals surface area contributed by atoms with E-state index in [4.69, 9.17) is 9.84 Å². The molecule has 0 saturated carbocycles. The number of hydrogen-bond donors (Lipinski definition) is 2. The number of nitriles is 1. The molecule has 0 aliphatic rings. The number of rotatable bonds is 6. The average molecular weight is 439 g/mol. The summed E-state index contributed by atoms with van der Waals surface area (Å²) in [6, 6.07) is 24.9. The van der Waals surface area contributed by atoms with Gasteiger partial charge in [0.05, 0.1) is 5.56 Å². The first-order valence-electron chi connectivity index (χ1n) is 10.0. The maximum atomic E-state index is 15.3. The Hall–Kier alpha value is -4.70. The van der Waals surface area contributed by atoms with Crippen molar-refractivity contribution < 1.29 is 19.0 Å². The van der Waals surface area contributed by atoms with E-state index < -0.39 is 11.9 Å². The molecule has 162 valence electrons. The number of ether oxygens (including phenoxy) is 1. The van der Waals surface area contributed by atoms with E-state index in [1.165, 1.54) is 6.20 Å². The van der Waals surface area contributed by atoms with Gasteiger partial charge in [0.2, 0.25) is 0 Å². The lowest BCUT2D eigenvalue weighted by Gasteiger charge is -2.11. The molecule has 4 rings (SSSR count). The van der Waals surface area contributed by atoms with Crippen LogP contribution in [0.25, 0.3) is 22.4 Å². The van der Waals surface area contributed by atoms with E-state index in [-0.39, 0.29) is 17.8 Å². The van der Waals surface area contributed by atoms with Gasteiger partial charge in [-0.2, -0.15) is 5.26 Å². The quantitative estimate of drug-likeness (QED) is 0.385. The topological polar surface area (TPSA) is 95.2 Å². The molecular formula is C26H18FN3O3. The normalized spacial score (nSPS) is 10.3. The smallest absolute Gasteiger partial charge is 0.404 e. The maximum absolute atomic E-state index is 15.3. The number of para-hydroxylation sites is 1. The summed E-state index contributed by atoms with van der Waals surface area (Å²) >= 11 is 0. The number of aromatic nitrogens is 1. The molecule has 0 spiro atoms. The minimum atomic E-state index is -1.15. The molecule has 33 heavy (non-hydrogen) atoms. The van der Waals surface area contributed by atoms with Crippen molar-refractivity contribution in [2.75, 3.05) is 0 Å². The van der Waals surface area contributed by atoms with Gasteiger partial charge in [-0.25, -0.2) is 9.18 Å². The standard InChI is InChI=1S/C26H18FN3O3/c27-24-22(14-28)23(18-9-11-21(12-10-18)33-20-7-2-1-3-8-20)16-29-25(24)19-6-4-5-17(13-19)15-30-26(31)32/h1-13,16,30H,15H2,(H,31,32). The van der Waals surface area contributed by atoms with E-state index in [9.17, 15) is 10.1 Å². The number of nitrogens with zero attached hydrogens (tertiary/aromatic N) is 2. The van der Waals surface area contributed by atoms with Crippen LogP contribution in [0, 0.1) is 17.1 Å². The summed E-state index contributed by atoms with van der Waals surface area (Å²) in [6.45, 7) is 0.0748. The first kappa shape index (κ1) is 21.5. The van der Waals surface area contributed by atoms with Crippen molar-refractivity contribution in [2.24, 2.45) is 0 Å². The van der Waals surface area contributed by atoms with E-state index >= 15 is 4.39 Å². The van der Waals surface area contributed by atoms with E-state index in [2.05, 4.69) is 10.3 Å². The summed E-state index contributed by atoms with van der Waals surface area (Å²) in [7, 11) is 0. The number of amides is 1. The first-order chi connectivity index (χ1) is 16.0. The van der Waals surface area contributed by atoms with E-state index in [1.54, 1.807) is 48.5 Å². The van der Waals surface area contributed by atoms with Gasteiger partial charge in [0, 0.05) is 23.9 Å². The number of carbonyl (C=O) groups is 1. The number of benzene rings is 3. The van der Waals surface area contributed by atoms with Crippen LogP contribution >= 0.6 is 0 Å². The van der Waals surface area contributed by atoms with Crippen molar-refractivity contribution in [1.29, 1.82) is 5.26 Å². The van der Waals surface area contributed by atoms with Crippen LogP contribution in [-0.4, -0.2) is 16.2 Å². The lowest BCUT2D eigenvalue weighted by atomic mass is 9.99. The summed E-state index contributed by atoms with van der Waals surface area (Å²) < 4.78 is 21.1. The number of pyridine rings is 1. The molecule has 1 amide bonds. The third kappa shape index (κ3) is 4.97. The highest BCUT2D eigenvalue weighted by molar-refractivity contribution is 5.74. The molecule has 4 aromatic rings. The highest BCUT2D eigenvalue weighted by atomic mass is 19.1. The molecule has 0 aliphatic carbocycles. The molecule has 0 bridgehead atoms. The molecule has 1 heterocycles. The van der Waals surface area contributed by atoms with Crippen LogP contribution < -0.4 is 10.1 Å². The Morgan fingerprint density at radius 1 is 1.00 bits per heavy atom. The van der Waals surface area contributed by atoms with Crippen molar-refractivity contribution in [3.63, 3.8) is 0 Å². The van der Waals surface area contributed by atoms with E-state index in [1.807, 2.05) is 36.4 Å². The zero-order valence-corrected chi connectivity index (χ0v) is 17.3. The lowest BCUT2D eigenvalue weighted by Crippen LogP contribution is -2.19. The zero-order chi connectivity index (χ0) is 23.2. The Balaban J connectivity index is 1.63. The van der Waals surface area contributed by atoms with E-state index in [0.29, 0.717) is 33.8 Å². The van der Waals surface area contributed by atoms with Crippen LogP contribution in [0.5, 0.6) is 11.5 Å². The molecule has 0 radical (unpaired) electrons. The molecule has 1 aromatic heterocycles. The van der Waals surface area contributed by atoms with Crippen molar-refractivity contribution in [2.45, 2.75) is 6.54 Å². The van der Waals surface area contributed by atoms with Crippen molar-refractivity contribution in [3.05, 3.63) is 102 Å². The van der Waals surface area contributed by atoms with Crippen LogP contribution in [0.3, 0.4) is 0 Å². The molecule has 0 atom stereocenters. The van der Waals surface area contributed by atoms with Crippen molar-refractivity contribution in [3.8, 4) is 40.0 Å². The highest BCUT2D eigenvalue weighted by Crippen LogP contribution is 2.32. The van der Waals surface area contributed by atoms with Gasteiger partial charge in [0.25, 0.3) is 0 Å². The summed E-state index contributed by atoms with van der Waals surface area (Å²) in [5.41, 5.74) is 2.00. The third-order valence-electron chi connectivity index (χ3n) is 4.92. The molecule has 0 saturated heterocycles. The Morgan fingerprint density at radius 3 is 2.42 bits per heavy atom. The minimum absolute atomic E-state index is 0.0245. The Kier molecular flexibility index (Phi) is 6.28. The molecular weight excluding hydrogens is 421 g/mol. The molecule has 2 N–H and O–H groups in total. The van der Waals surface area contributed by atoms with Gasteiger partial charge in [0.1, 0.15) is 23.3 Å². The molecule has 0 unspecified atom stereocenters. The number of nitrogens with one attached hydrogen (secondary N) is 1. The average Bonchev–Trinajstić information content (AvgIpc) is 2.84. The number of hydrogen-bond acceptors (Lipinski definition) is 4. The van der Waals surface area contributed by atoms with Gasteiger partial charge in [-0.05, 0) is 41.5 Å². The second-order valence-corrected chi connectivity index (χ2v) is 7.12. The van der Waals surface area contributed by atoms with Crippen LogP contribution in [0.2, 0.25) is 0 Å². The third-order valence-corrected chi connectivity index (χ3v) is 4.92. The summed E-state index contributed by atoms with van der Waals surface area (Å²) in [5, 5.41) is 20.7. The largest absolute Gasteiger partial charge is 0.465 e. The molecule has 6 nitrogen and oxygen atoms in total. The van der Waals surface area contributed by atoms with E-state index in [0.717, 1.165) is 0 Å². The fraction of sp³-hybridized carbons (Fsp3) is 0.0385. The fourth-order valence-electron chi connectivity index (χ4n) is 3.35. The summed E-state index contributed by atoms with van der Waals surface area (Å²) in [5.74, 6) is 0.573. The maximum Gasteiger partial charge on any atom is 0.404 e. The van der Waals surface area contributed by atoms with Crippen LogP contribution in [0.4, 0.5) is 9.18 Å². The summed E-state index contributed by atoms with van der Waals surface area (Å²) in [6.07, 6.45) is 0.313. The van der Waals surface area contributed by atoms with Gasteiger partial charge in [-0.1, -0.05) is 48.5 Å². The van der Waals surface area contributed by atoms with Crippen molar-refractivity contribution >= 4 is 6.09 Å². The van der Waals surface area contributed by atoms with Gasteiger partial charge >= 0.3 is 6.09 Å². The van der Waals surface area contributed by atoms with Gasteiger partial charge in [-0.3, -0.25) is 4.98 Å². The van der Waals surface area contributed by atoms with Crippen LogP contribution in [0.1, 0.15) is 11.1 Å². The number of halogens is 1. The van der Waals surface area contributed by atoms with Gasteiger partial charge in [-0.15, -0.1) is 0 Å². The predicted molar refractivity (Wildman–Crippen MR) is 121 cm³/mol. The molecule has 0 fully saturated rings. The molecule has 0 aliphatic heterocycles. The monoisotopic (exact) mass is 439 g/mol. The Bertz CT molecular complexity index is 1330. The zero-order valence-electron chi connectivity index (χ0n) is 17.3. The Morgan fingerprint density at radius 2 is 1.73 bits per heavy atom. The lowest BCUT2D eigenvalue weighted by molar-refractivity contribution is 0.194. The molecule has 7 heteroatoms. The second kappa shape index (κ2) is 9.62. The highest BCUT2D eigenvalue weighted by Gasteiger charge is 2.18. The van der Waals surface area contributed by atoms with Crippen LogP contribution in [0.15, 0.2) is 85.1 Å².